The largest absolute Gasteiger partial charge is 0.377 e. The highest BCUT2D eigenvalue weighted by molar-refractivity contribution is 7.92. The molecule has 1 N–H and O–H groups in total. The lowest BCUT2D eigenvalue weighted by Crippen LogP contribution is -2.13. The molecule has 0 unspecified atom stereocenters. The summed E-state index contributed by atoms with van der Waals surface area (Å²) >= 11 is 0. The molecule has 1 aromatic rings. The van der Waals surface area contributed by atoms with Gasteiger partial charge in [0.05, 0.1) is 11.9 Å². The molecule has 92 valence electrons. The number of sulfonamides is 1. The van der Waals surface area contributed by atoms with Gasteiger partial charge in [-0.2, -0.15) is 0 Å². The highest BCUT2D eigenvalue weighted by atomic mass is 35.5. The van der Waals surface area contributed by atoms with Gasteiger partial charge in [0, 0.05) is 19.8 Å². The molecule has 0 spiro atoms. The van der Waals surface area contributed by atoms with E-state index in [0.29, 0.717) is 5.69 Å². The molecule has 0 aliphatic rings. The molecule has 0 aliphatic heterocycles. The SMILES string of the molecule is Cc1ccc(NS(C)(=O)=O)cc1N(C)C.Cl. The Labute approximate surface area is 103 Å². The summed E-state index contributed by atoms with van der Waals surface area (Å²) < 4.78 is 24.5. The molecule has 16 heavy (non-hydrogen) atoms. The van der Waals surface area contributed by atoms with Crippen LogP contribution in [0, 0.1) is 6.92 Å². The van der Waals surface area contributed by atoms with E-state index in [0.717, 1.165) is 17.5 Å². The first-order chi connectivity index (χ1) is 6.79. The van der Waals surface area contributed by atoms with Gasteiger partial charge >= 0.3 is 0 Å². The van der Waals surface area contributed by atoms with Crippen molar-refractivity contribution in [2.75, 3.05) is 30.0 Å². The van der Waals surface area contributed by atoms with Gasteiger partial charge in [0.1, 0.15) is 0 Å². The van der Waals surface area contributed by atoms with Crippen LogP contribution in [0.1, 0.15) is 5.56 Å². The van der Waals surface area contributed by atoms with E-state index in [9.17, 15) is 8.42 Å². The maximum Gasteiger partial charge on any atom is 0.229 e. The molecule has 4 nitrogen and oxygen atoms in total. The first-order valence-electron chi connectivity index (χ1n) is 4.55. The molecule has 1 rings (SSSR count). The summed E-state index contributed by atoms with van der Waals surface area (Å²) in [5, 5.41) is 0. The Bertz CT molecular complexity index is 458. The molecule has 0 bridgehead atoms. The molecule has 0 heterocycles. The van der Waals surface area contributed by atoms with Gasteiger partial charge in [0.2, 0.25) is 10.0 Å². The Morgan fingerprint density at radius 1 is 1.25 bits per heavy atom. The summed E-state index contributed by atoms with van der Waals surface area (Å²) in [6.07, 6.45) is 1.14. The number of hydrogen-bond acceptors (Lipinski definition) is 3. The highest BCUT2D eigenvalue weighted by Gasteiger charge is 2.05. The van der Waals surface area contributed by atoms with Crippen LogP contribution in [0.5, 0.6) is 0 Å². The Hall–Kier alpha value is -0.940. The third-order valence-electron chi connectivity index (χ3n) is 1.99. The van der Waals surface area contributed by atoms with Crippen molar-refractivity contribution >= 4 is 33.8 Å². The van der Waals surface area contributed by atoms with Crippen LogP contribution in [0.2, 0.25) is 0 Å². The fourth-order valence-corrected chi connectivity index (χ4v) is 1.92. The fraction of sp³-hybridized carbons (Fsp3) is 0.400. The highest BCUT2D eigenvalue weighted by Crippen LogP contribution is 2.22. The van der Waals surface area contributed by atoms with Gasteiger partial charge in [0.15, 0.2) is 0 Å². The number of benzene rings is 1. The number of rotatable bonds is 3. The van der Waals surface area contributed by atoms with Gasteiger partial charge < -0.3 is 4.90 Å². The van der Waals surface area contributed by atoms with Crippen LogP contribution in [0.3, 0.4) is 0 Å². The molecular weight excluding hydrogens is 248 g/mol. The minimum Gasteiger partial charge on any atom is -0.377 e. The van der Waals surface area contributed by atoms with Gasteiger partial charge in [-0.15, -0.1) is 12.4 Å². The van der Waals surface area contributed by atoms with E-state index in [1.807, 2.05) is 38.1 Å². The monoisotopic (exact) mass is 264 g/mol. The number of nitrogens with one attached hydrogen (secondary N) is 1. The molecule has 1 aromatic carbocycles. The van der Waals surface area contributed by atoms with Crippen LogP contribution < -0.4 is 9.62 Å². The summed E-state index contributed by atoms with van der Waals surface area (Å²) in [4.78, 5) is 1.95. The standard InChI is InChI=1S/C10H16N2O2S.ClH/c1-8-5-6-9(11-15(4,13)14)7-10(8)12(2)3;/h5-7,11H,1-4H3;1H. The summed E-state index contributed by atoms with van der Waals surface area (Å²) in [6, 6.07) is 5.46. The van der Waals surface area contributed by atoms with E-state index in [2.05, 4.69) is 4.72 Å². The third-order valence-corrected chi connectivity index (χ3v) is 2.60. The Morgan fingerprint density at radius 3 is 2.25 bits per heavy atom. The summed E-state index contributed by atoms with van der Waals surface area (Å²) in [6.45, 7) is 1.99. The van der Waals surface area contributed by atoms with Gasteiger partial charge in [-0.3, -0.25) is 4.72 Å². The van der Waals surface area contributed by atoms with Crippen LogP contribution in [0.4, 0.5) is 11.4 Å². The Morgan fingerprint density at radius 2 is 1.81 bits per heavy atom. The van der Waals surface area contributed by atoms with Crippen molar-refractivity contribution in [1.29, 1.82) is 0 Å². The van der Waals surface area contributed by atoms with E-state index in [1.54, 1.807) is 6.07 Å². The Balaban J connectivity index is 0.00000225. The van der Waals surface area contributed by atoms with Crippen molar-refractivity contribution in [1.82, 2.24) is 0 Å². The smallest absolute Gasteiger partial charge is 0.229 e. The first-order valence-corrected chi connectivity index (χ1v) is 6.44. The lowest BCUT2D eigenvalue weighted by Gasteiger charge is -2.17. The fourth-order valence-electron chi connectivity index (χ4n) is 1.37. The van der Waals surface area contributed by atoms with E-state index >= 15 is 0 Å². The zero-order chi connectivity index (χ0) is 11.6. The number of anilines is 2. The van der Waals surface area contributed by atoms with Crippen molar-refractivity contribution in [3.05, 3.63) is 23.8 Å². The molecule has 0 aromatic heterocycles. The van der Waals surface area contributed by atoms with E-state index < -0.39 is 10.0 Å². The van der Waals surface area contributed by atoms with Crippen molar-refractivity contribution in [2.45, 2.75) is 6.92 Å². The number of halogens is 1. The van der Waals surface area contributed by atoms with Crippen molar-refractivity contribution in [3.8, 4) is 0 Å². The van der Waals surface area contributed by atoms with Gasteiger partial charge in [-0.05, 0) is 24.6 Å². The van der Waals surface area contributed by atoms with E-state index in [-0.39, 0.29) is 12.4 Å². The van der Waals surface area contributed by atoms with Crippen LogP contribution in [-0.4, -0.2) is 28.8 Å². The maximum atomic E-state index is 11.0. The van der Waals surface area contributed by atoms with E-state index in [4.69, 9.17) is 0 Å². The average molecular weight is 265 g/mol. The summed E-state index contributed by atoms with van der Waals surface area (Å²) in [5.74, 6) is 0. The Kier molecular flexibility index (Phi) is 5.09. The summed E-state index contributed by atoms with van der Waals surface area (Å²) in [5.41, 5.74) is 2.70. The third kappa shape index (κ3) is 4.28. The summed E-state index contributed by atoms with van der Waals surface area (Å²) in [7, 11) is 0.645. The molecule has 0 atom stereocenters. The van der Waals surface area contributed by atoms with Crippen molar-refractivity contribution in [2.24, 2.45) is 0 Å². The van der Waals surface area contributed by atoms with Crippen molar-refractivity contribution in [3.63, 3.8) is 0 Å². The quantitative estimate of drug-likeness (QED) is 0.907. The second kappa shape index (κ2) is 5.41. The number of aryl methyl sites for hydroxylation is 1. The lowest BCUT2D eigenvalue weighted by atomic mass is 10.2. The molecule has 0 amide bonds. The van der Waals surface area contributed by atoms with E-state index in [1.165, 1.54) is 0 Å². The average Bonchev–Trinajstić information content (AvgIpc) is 2.05. The van der Waals surface area contributed by atoms with Crippen LogP contribution in [0.25, 0.3) is 0 Å². The lowest BCUT2D eigenvalue weighted by molar-refractivity contribution is 0.607. The molecule has 6 heteroatoms. The van der Waals surface area contributed by atoms with Crippen LogP contribution in [0.15, 0.2) is 18.2 Å². The van der Waals surface area contributed by atoms with Gasteiger partial charge in [0.25, 0.3) is 0 Å². The second-order valence-corrected chi connectivity index (χ2v) is 5.52. The molecule has 0 fully saturated rings. The van der Waals surface area contributed by atoms with Crippen LogP contribution >= 0.6 is 12.4 Å². The molecular formula is C10H17ClN2O2S. The molecule has 0 saturated heterocycles. The molecule has 0 saturated carbocycles. The van der Waals surface area contributed by atoms with Crippen molar-refractivity contribution < 1.29 is 8.42 Å². The van der Waals surface area contributed by atoms with Gasteiger partial charge in [-0.1, -0.05) is 6.07 Å². The normalized spacial score (nSPS) is 10.5. The predicted molar refractivity (Wildman–Crippen MR) is 71.2 cm³/mol. The predicted octanol–water partition coefficient (Wildman–Crippen LogP) is 1.85. The topological polar surface area (TPSA) is 49.4 Å². The van der Waals surface area contributed by atoms with Gasteiger partial charge in [-0.25, -0.2) is 8.42 Å². The zero-order valence-corrected chi connectivity index (χ0v) is 11.4. The minimum atomic E-state index is -3.20. The minimum absolute atomic E-state index is 0. The number of nitrogens with zero attached hydrogens (tertiary/aromatic N) is 1. The molecule has 0 aliphatic carbocycles. The maximum absolute atomic E-state index is 11.0. The second-order valence-electron chi connectivity index (χ2n) is 3.77. The van der Waals surface area contributed by atoms with Crippen LogP contribution in [-0.2, 0) is 10.0 Å². The number of hydrogen-bond donors (Lipinski definition) is 1. The first kappa shape index (κ1) is 15.1. The molecule has 0 radical (unpaired) electrons. The zero-order valence-electron chi connectivity index (χ0n) is 9.81.